The highest BCUT2D eigenvalue weighted by Crippen LogP contribution is 2.38. The second-order valence-electron chi connectivity index (χ2n) is 4.96. The molecule has 0 bridgehead atoms. The summed E-state index contributed by atoms with van der Waals surface area (Å²) in [6.07, 6.45) is 2.22. The Morgan fingerprint density at radius 3 is 2.70 bits per heavy atom. The number of pyridine rings is 1. The first-order valence-corrected chi connectivity index (χ1v) is 7.37. The first-order valence-electron chi connectivity index (χ1n) is 6.55. The van der Waals surface area contributed by atoms with Gasteiger partial charge in [-0.1, -0.05) is 12.1 Å². The number of benzene rings is 2. The summed E-state index contributed by atoms with van der Waals surface area (Å²) >= 11 is 1.83. The maximum Gasteiger partial charge on any atom is 0.212 e. The lowest BCUT2D eigenvalue weighted by atomic mass is 10.1. The second-order valence-corrected chi connectivity index (χ2v) is 6.04. The minimum atomic E-state index is 0.912. The van der Waals surface area contributed by atoms with Crippen molar-refractivity contribution < 1.29 is 9.30 Å². The SMILES string of the molecule is COc1ccc2sc3c[n+](C)c4ccccc4c3c2c1. The van der Waals surface area contributed by atoms with Crippen LogP contribution in [0.25, 0.3) is 31.1 Å². The highest BCUT2D eigenvalue weighted by molar-refractivity contribution is 7.26. The number of aromatic nitrogens is 1. The molecule has 2 nitrogen and oxygen atoms in total. The third-order valence-corrected chi connectivity index (χ3v) is 4.89. The Labute approximate surface area is 120 Å². The van der Waals surface area contributed by atoms with Crippen LogP contribution in [-0.4, -0.2) is 7.11 Å². The smallest absolute Gasteiger partial charge is 0.212 e. The average Bonchev–Trinajstić information content (AvgIpc) is 2.84. The van der Waals surface area contributed by atoms with Gasteiger partial charge in [0.15, 0.2) is 6.20 Å². The number of rotatable bonds is 1. The topological polar surface area (TPSA) is 13.1 Å². The fourth-order valence-corrected chi connectivity index (χ4v) is 4.01. The predicted molar refractivity (Wildman–Crippen MR) is 84.6 cm³/mol. The fourth-order valence-electron chi connectivity index (χ4n) is 2.83. The lowest BCUT2D eigenvalue weighted by molar-refractivity contribution is -0.643. The van der Waals surface area contributed by atoms with E-state index in [2.05, 4.69) is 54.2 Å². The van der Waals surface area contributed by atoms with Gasteiger partial charge in [0.2, 0.25) is 5.52 Å². The summed E-state index contributed by atoms with van der Waals surface area (Å²) in [6.45, 7) is 0. The minimum Gasteiger partial charge on any atom is -0.497 e. The van der Waals surface area contributed by atoms with Crippen molar-refractivity contribution in [3.05, 3.63) is 48.7 Å². The quantitative estimate of drug-likeness (QED) is 0.480. The zero-order chi connectivity index (χ0) is 13.7. The standard InChI is InChI=1S/C17H14NOS/c1-18-10-16-17(12-5-3-4-6-14(12)18)13-9-11(19-2)7-8-15(13)20-16/h3-10H,1-2H3/q+1. The molecule has 0 N–H and O–H groups in total. The van der Waals surface area contributed by atoms with Crippen molar-refractivity contribution in [2.45, 2.75) is 0 Å². The van der Waals surface area contributed by atoms with Crippen molar-refractivity contribution >= 4 is 42.4 Å². The van der Waals surface area contributed by atoms with Gasteiger partial charge in [-0.2, -0.15) is 4.57 Å². The molecule has 98 valence electrons. The molecular weight excluding hydrogens is 266 g/mol. The van der Waals surface area contributed by atoms with Crippen molar-refractivity contribution in [1.29, 1.82) is 0 Å². The summed E-state index contributed by atoms with van der Waals surface area (Å²) in [7, 11) is 3.82. The largest absolute Gasteiger partial charge is 0.497 e. The number of thiophene rings is 1. The Balaban J connectivity index is 2.28. The van der Waals surface area contributed by atoms with Gasteiger partial charge in [0.25, 0.3) is 0 Å². The molecule has 3 heteroatoms. The van der Waals surface area contributed by atoms with Gasteiger partial charge in [-0.15, -0.1) is 11.3 Å². The molecule has 0 aliphatic heterocycles. The van der Waals surface area contributed by atoms with E-state index in [-0.39, 0.29) is 0 Å². The highest BCUT2D eigenvalue weighted by atomic mass is 32.1. The van der Waals surface area contributed by atoms with Crippen LogP contribution in [0.5, 0.6) is 5.75 Å². The van der Waals surface area contributed by atoms with Crippen LogP contribution in [0, 0.1) is 0 Å². The van der Waals surface area contributed by atoms with Gasteiger partial charge in [0, 0.05) is 21.5 Å². The van der Waals surface area contributed by atoms with Crippen LogP contribution in [-0.2, 0) is 7.05 Å². The van der Waals surface area contributed by atoms with E-state index in [0.29, 0.717) is 0 Å². The van der Waals surface area contributed by atoms with Crippen molar-refractivity contribution in [2.24, 2.45) is 7.05 Å². The molecule has 2 aromatic heterocycles. The number of hydrogen-bond donors (Lipinski definition) is 0. The van der Waals surface area contributed by atoms with E-state index in [9.17, 15) is 0 Å². The lowest BCUT2D eigenvalue weighted by Gasteiger charge is -2.01. The lowest BCUT2D eigenvalue weighted by Crippen LogP contribution is -2.27. The summed E-state index contributed by atoms with van der Waals surface area (Å²) < 4.78 is 10.2. The van der Waals surface area contributed by atoms with Crippen molar-refractivity contribution in [1.82, 2.24) is 0 Å². The van der Waals surface area contributed by atoms with Gasteiger partial charge in [-0.25, -0.2) is 0 Å². The second kappa shape index (κ2) is 4.18. The number of fused-ring (bicyclic) bond motifs is 5. The van der Waals surface area contributed by atoms with Crippen LogP contribution in [0.2, 0.25) is 0 Å². The van der Waals surface area contributed by atoms with Crippen LogP contribution in [0.1, 0.15) is 0 Å². The number of aryl methyl sites for hydroxylation is 1. The Kier molecular flexibility index (Phi) is 2.44. The van der Waals surface area contributed by atoms with Crippen molar-refractivity contribution in [3.8, 4) is 5.75 Å². The van der Waals surface area contributed by atoms with E-state index >= 15 is 0 Å². The van der Waals surface area contributed by atoms with Gasteiger partial charge in [0.1, 0.15) is 17.5 Å². The molecule has 0 radical (unpaired) electrons. The molecule has 0 aliphatic carbocycles. The molecule has 20 heavy (non-hydrogen) atoms. The van der Waals surface area contributed by atoms with Gasteiger partial charge < -0.3 is 4.74 Å². The molecule has 0 aliphatic rings. The zero-order valence-electron chi connectivity index (χ0n) is 11.4. The third-order valence-electron chi connectivity index (χ3n) is 3.79. The van der Waals surface area contributed by atoms with Crippen LogP contribution in [0.3, 0.4) is 0 Å². The van der Waals surface area contributed by atoms with Gasteiger partial charge in [0.05, 0.1) is 12.5 Å². The van der Waals surface area contributed by atoms with E-state index in [1.165, 1.54) is 31.1 Å². The van der Waals surface area contributed by atoms with Crippen LogP contribution < -0.4 is 9.30 Å². The number of para-hydroxylation sites is 1. The van der Waals surface area contributed by atoms with E-state index in [1.54, 1.807) is 7.11 Å². The molecule has 4 aromatic rings. The number of hydrogen-bond acceptors (Lipinski definition) is 2. The molecule has 4 rings (SSSR count). The summed E-state index contributed by atoms with van der Waals surface area (Å²) in [6, 6.07) is 14.9. The van der Waals surface area contributed by atoms with Crippen LogP contribution >= 0.6 is 11.3 Å². The molecule has 0 saturated carbocycles. The monoisotopic (exact) mass is 280 g/mol. The Morgan fingerprint density at radius 1 is 1.00 bits per heavy atom. The number of ether oxygens (including phenoxy) is 1. The maximum absolute atomic E-state index is 5.38. The Morgan fingerprint density at radius 2 is 1.85 bits per heavy atom. The molecule has 0 amide bonds. The molecule has 0 atom stereocenters. The molecule has 2 heterocycles. The molecule has 0 spiro atoms. The van der Waals surface area contributed by atoms with E-state index < -0.39 is 0 Å². The first kappa shape index (κ1) is 11.7. The zero-order valence-corrected chi connectivity index (χ0v) is 12.2. The third kappa shape index (κ3) is 1.53. The fraction of sp³-hybridized carbons (Fsp3) is 0.118. The normalized spacial score (nSPS) is 11.5. The first-order chi connectivity index (χ1) is 9.78. The molecule has 0 fully saturated rings. The predicted octanol–water partition coefficient (Wildman–Crippen LogP) is 4.04. The molecule has 0 unspecified atom stereocenters. The minimum absolute atomic E-state index is 0.912. The summed E-state index contributed by atoms with van der Waals surface area (Å²) in [5.74, 6) is 0.912. The summed E-state index contributed by atoms with van der Waals surface area (Å²) in [5.41, 5.74) is 1.25. The molecule has 0 saturated heterocycles. The van der Waals surface area contributed by atoms with E-state index in [0.717, 1.165) is 5.75 Å². The number of methoxy groups -OCH3 is 1. The van der Waals surface area contributed by atoms with E-state index in [1.807, 2.05) is 17.4 Å². The maximum atomic E-state index is 5.38. The highest BCUT2D eigenvalue weighted by Gasteiger charge is 2.15. The average molecular weight is 280 g/mol. The van der Waals surface area contributed by atoms with Gasteiger partial charge in [-0.05, 0) is 24.3 Å². The summed E-state index contributed by atoms with van der Waals surface area (Å²) in [5, 5.41) is 3.91. The Bertz CT molecular complexity index is 955. The van der Waals surface area contributed by atoms with E-state index in [4.69, 9.17) is 4.74 Å². The van der Waals surface area contributed by atoms with Crippen molar-refractivity contribution in [2.75, 3.05) is 7.11 Å². The van der Waals surface area contributed by atoms with Crippen LogP contribution in [0.15, 0.2) is 48.7 Å². The molecule has 2 aromatic carbocycles. The van der Waals surface area contributed by atoms with Crippen molar-refractivity contribution in [3.63, 3.8) is 0 Å². The van der Waals surface area contributed by atoms with Crippen LogP contribution in [0.4, 0.5) is 0 Å². The van der Waals surface area contributed by atoms with Gasteiger partial charge >= 0.3 is 0 Å². The Hall–Kier alpha value is -2.13. The summed E-state index contributed by atoms with van der Waals surface area (Å²) in [4.78, 5) is 0. The number of nitrogens with zero attached hydrogens (tertiary/aromatic N) is 1. The molecular formula is C17H14NOS+. The van der Waals surface area contributed by atoms with Gasteiger partial charge in [-0.3, -0.25) is 0 Å².